The molecule has 0 spiro atoms. The van der Waals surface area contributed by atoms with E-state index in [0.717, 1.165) is 25.1 Å². The van der Waals surface area contributed by atoms with E-state index in [2.05, 4.69) is 34.4 Å². The second kappa shape index (κ2) is 9.42. The molecule has 1 saturated heterocycles. The Morgan fingerprint density at radius 3 is 2.56 bits per heavy atom. The third kappa shape index (κ3) is 5.04. The van der Waals surface area contributed by atoms with E-state index < -0.39 is 23.1 Å². The number of carbonyl (C=O) groups excluding carboxylic acids is 1. The van der Waals surface area contributed by atoms with Gasteiger partial charge in [0.1, 0.15) is 0 Å². The van der Waals surface area contributed by atoms with Gasteiger partial charge in [-0.15, -0.1) is 0 Å². The fraction of sp³-hybridized carbons (Fsp3) is 0.320. The molecule has 1 aliphatic rings. The Labute approximate surface area is 195 Å². The molecule has 2 aromatic carbocycles. The van der Waals surface area contributed by atoms with Gasteiger partial charge < -0.3 is 5.32 Å². The summed E-state index contributed by atoms with van der Waals surface area (Å²) in [5.74, 6) is -0.634. The molecule has 6 nitrogen and oxygen atoms in total. The lowest BCUT2D eigenvalue weighted by Crippen LogP contribution is -2.40. The highest BCUT2D eigenvalue weighted by Crippen LogP contribution is 2.30. The molecule has 178 valence electrons. The highest BCUT2D eigenvalue weighted by atomic mass is 19.4. The highest BCUT2D eigenvalue weighted by Gasteiger charge is 2.31. The first-order valence-corrected chi connectivity index (χ1v) is 11.0. The quantitative estimate of drug-likeness (QED) is 0.609. The molecule has 1 aliphatic heterocycles. The fourth-order valence-electron chi connectivity index (χ4n) is 4.23. The lowest BCUT2D eigenvalue weighted by atomic mass is 10.1. The summed E-state index contributed by atoms with van der Waals surface area (Å²) in [6.07, 6.45) is -3.80. The molecule has 1 N–H and O–H groups in total. The number of carbonyl (C=O) groups is 1. The summed E-state index contributed by atoms with van der Waals surface area (Å²) >= 11 is 0. The van der Waals surface area contributed by atoms with Crippen molar-refractivity contribution in [2.75, 3.05) is 13.1 Å². The lowest BCUT2D eigenvalue weighted by molar-refractivity contribution is -0.137. The minimum atomic E-state index is -4.52. The topological polar surface area (TPSA) is 67.2 Å². The minimum absolute atomic E-state index is 0.116. The summed E-state index contributed by atoms with van der Waals surface area (Å²) in [6.45, 7) is 5.07. The molecule has 2 atom stereocenters. The molecule has 9 heteroatoms. The Morgan fingerprint density at radius 2 is 1.85 bits per heavy atom. The van der Waals surface area contributed by atoms with Gasteiger partial charge in [-0.05, 0) is 44.0 Å². The van der Waals surface area contributed by atoms with Crippen molar-refractivity contribution in [1.29, 1.82) is 0 Å². The number of alkyl halides is 3. The average molecular weight is 470 g/mol. The van der Waals surface area contributed by atoms with E-state index in [1.807, 2.05) is 18.2 Å². The van der Waals surface area contributed by atoms with E-state index >= 15 is 0 Å². The SMILES string of the molecule is Cc1cc(=O)c(C(=O)NC2CCN(C(C)c3ccccc3)C2)nn1-c1cccc(C(F)(F)F)c1. The number of nitrogens with one attached hydrogen (secondary N) is 1. The van der Waals surface area contributed by atoms with Crippen LogP contribution in [0.4, 0.5) is 13.2 Å². The number of hydrogen-bond donors (Lipinski definition) is 1. The first-order chi connectivity index (χ1) is 16.1. The average Bonchev–Trinajstić information content (AvgIpc) is 3.27. The molecule has 2 heterocycles. The van der Waals surface area contributed by atoms with E-state index in [0.29, 0.717) is 12.2 Å². The van der Waals surface area contributed by atoms with Gasteiger partial charge in [-0.2, -0.15) is 18.3 Å². The van der Waals surface area contributed by atoms with Crippen LogP contribution >= 0.6 is 0 Å². The minimum Gasteiger partial charge on any atom is -0.346 e. The molecule has 0 radical (unpaired) electrons. The summed E-state index contributed by atoms with van der Waals surface area (Å²) in [5, 5.41) is 6.99. The Morgan fingerprint density at radius 1 is 1.12 bits per heavy atom. The van der Waals surface area contributed by atoms with Crippen LogP contribution in [0.2, 0.25) is 0 Å². The van der Waals surface area contributed by atoms with Gasteiger partial charge in [0.05, 0.1) is 11.3 Å². The number of nitrogens with zero attached hydrogens (tertiary/aromatic N) is 3. The zero-order valence-corrected chi connectivity index (χ0v) is 18.8. The lowest BCUT2D eigenvalue weighted by Gasteiger charge is -2.24. The van der Waals surface area contributed by atoms with Crippen molar-refractivity contribution >= 4 is 5.91 Å². The molecule has 4 rings (SSSR count). The van der Waals surface area contributed by atoms with Gasteiger partial charge in [-0.25, -0.2) is 4.68 Å². The van der Waals surface area contributed by atoms with Crippen molar-refractivity contribution in [3.05, 3.63) is 93.4 Å². The predicted octanol–water partition coefficient (Wildman–Crippen LogP) is 4.13. The van der Waals surface area contributed by atoms with Crippen LogP contribution in [0.25, 0.3) is 5.69 Å². The van der Waals surface area contributed by atoms with E-state index in [-0.39, 0.29) is 23.5 Å². The molecule has 0 aliphatic carbocycles. The number of aryl methyl sites for hydroxylation is 1. The van der Waals surface area contributed by atoms with Gasteiger partial charge in [0.15, 0.2) is 5.69 Å². The number of aromatic nitrogens is 2. The smallest absolute Gasteiger partial charge is 0.346 e. The van der Waals surface area contributed by atoms with Gasteiger partial charge in [0, 0.05) is 36.9 Å². The molecule has 1 fully saturated rings. The number of amides is 1. The second-order valence-electron chi connectivity index (χ2n) is 8.50. The number of benzene rings is 2. The van der Waals surface area contributed by atoms with Crippen molar-refractivity contribution in [2.24, 2.45) is 0 Å². The standard InChI is InChI=1S/C25H25F3N4O2/c1-16-13-22(33)23(30-32(16)21-10-6-9-19(14-21)25(26,27)28)24(34)29-20-11-12-31(15-20)17(2)18-7-4-3-5-8-18/h3-10,13-14,17,20H,11-12,15H2,1-2H3,(H,29,34). The number of hydrogen-bond acceptors (Lipinski definition) is 4. The van der Waals surface area contributed by atoms with Crippen LogP contribution in [0.3, 0.4) is 0 Å². The van der Waals surface area contributed by atoms with Crippen LogP contribution in [0.1, 0.15) is 46.7 Å². The van der Waals surface area contributed by atoms with Gasteiger partial charge in [-0.1, -0.05) is 36.4 Å². The number of rotatable bonds is 5. The molecular formula is C25H25F3N4O2. The zero-order chi connectivity index (χ0) is 24.5. The van der Waals surface area contributed by atoms with Crippen LogP contribution in [0.5, 0.6) is 0 Å². The Bertz CT molecular complexity index is 1240. The van der Waals surface area contributed by atoms with Crippen molar-refractivity contribution < 1.29 is 18.0 Å². The largest absolute Gasteiger partial charge is 0.416 e. The molecule has 0 saturated carbocycles. The van der Waals surface area contributed by atoms with Gasteiger partial charge in [0.25, 0.3) is 5.91 Å². The van der Waals surface area contributed by atoms with E-state index in [1.54, 1.807) is 6.92 Å². The molecule has 34 heavy (non-hydrogen) atoms. The maximum absolute atomic E-state index is 13.1. The molecule has 0 bridgehead atoms. The summed E-state index contributed by atoms with van der Waals surface area (Å²) in [7, 11) is 0. The summed E-state index contributed by atoms with van der Waals surface area (Å²) in [6, 6.07) is 15.9. The maximum atomic E-state index is 13.1. The van der Waals surface area contributed by atoms with E-state index in [4.69, 9.17) is 0 Å². The first-order valence-electron chi connectivity index (χ1n) is 11.0. The molecular weight excluding hydrogens is 445 g/mol. The van der Waals surface area contributed by atoms with Crippen LogP contribution in [0, 0.1) is 6.92 Å². The Balaban J connectivity index is 1.52. The maximum Gasteiger partial charge on any atom is 0.416 e. The number of halogens is 3. The first kappa shape index (κ1) is 23.7. The van der Waals surface area contributed by atoms with Gasteiger partial charge >= 0.3 is 6.18 Å². The summed E-state index contributed by atoms with van der Waals surface area (Å²) in [5.41, 5.74) is -0.147. The van der Waals surface area contributed by atoms with Crippen molar-refractivity contribution in [1.82, 2.24) is 20.0 Å². The van der Waals surface area contributed by atoms with Crippen LogP contribution in [0.15, 0.2) is 65.5 Å². The van der Waals surface area contributed by atoms with Crippen LogP contribution in [-0.4, -0.2) is 39.7 Å². The zero-order valence-electron chi connectivity index (χ0n) is 18.8. The van der Waals surface area contributed by atoms with E-state index in [9.17, 15) is 22.8 Å². The van der Waals surface area contributed by atoms with Crippen molar-refractivity contribution in [2.45, 2.75) is 38.5 Å². The second-order valence-corrected chi connectivity index (χ2v) is 8.50. The Kier molecular flexibility index (Phi) is 6.56. The Hall–Kier alpha value is -3.46. The van der Waals surface area contributed by atoms with Gasteiger partial charge in [0.2, 0.25) is 5.43 Å². The van der Waals surface area contributed by atoms with Crippen molar-refractivity contribution in [3.63, 3.8) is 0 Å². The third-order valence-electron chi connectivity index (χ3n) is 6.13. The van der Waals surface area contributed by atoms with Crippen LogP contribution in [-0.2, 0) is 6.18 Å². The molecule has 1 amide bonds. The highest BCUT2D eigenvalue weighted by molar-refractivity contribution is 5.92. The molecule has 2 unspecified atom stereocenters. The molecule has 1 aromatic heterocycles. The van der Waals surface area contributed by atoms with Crippen molar-refractivity contribution in [3.8, 4) is 5.69 Å². The summed E-state index contributed by atoms with van der Waals surface area (Å²) < 4.78 is 40.6. The van der Waals surface area contributed by atoms with Crippen LogP contribution < -0.4 is 10.7 Å². The summed E-state index contributed by atoms with van der Waals surface area (Å²) in [4.78, 5) is 27.7. The predicted molar refractivity (Wildman–Crippen MR) is 122 cm³/mol. The number of likely N-dealkylation sites (tertiary alicyclic amines) is 1. The normalized spacial score (nSPS) is 17.5. The fourth-order valence-corrected chi connectivity index (χ4v) is 4.23. The van der Waals surface area contributed by atoms with Gasteiger partial charge in [-0.3, -0.25) is 14.5 Å². The monoisotopic (exact) mass is 470 g/mol. The van der Waals surface area contributed by atoms with E-state index in [1.165, 1.54) is 28.4 Å². The molecule has 3 aromatic rings. The third-order valence-corrected chi connectivity index (χ3v) is 6.13.